The van der Waals surface area contributed by atoms with E-state index < -0.39 is 12.5 Å². The highest BCUT2D eigenvalue weighted by atomic mass is 19.3. The minimum absolute atomic E-state index is 0.0852. The van der Waals surface area contributed by atoms with Gasteiger partial charge in [0.1, 0.15) is 17.4 Å². The number of halogens is 2. The number of carbonyl (C=O) groups is 1. The molecule has 0 unspecified atom stereocenters. The Morgan fingerprint density at radius 3 is 2.68 bits per heavy atom. The van der Waals surface area contributed by atoms with Crippen molar-refractivity contribution in [1.29, 1.82) is 5.26 Å². The second kappa shape index (κ2) is 9.92. The van der Waals surface area contributed by atoms with E-state index in [1.54, 1.807) is 43.3 Å². The van der Waals surface area contributed by atoms with Crippen LogP contribution in [0, 0.1) is 11.3 Å². The third-order valence-corrected chi connectivity index (χ3v) is 3.51. The van der Waals surface area contributed by atoms with Gasteiger partial charge in [-0.1, -0.05) is 18.2 Å². The van der Waals surface area contributed by atoms with Gasteiger partial charge < -0.3 is 19.5 Å². The summed E-state index contributed by atoms with van der Waals surface area (Å²) in [5.41, 5.74) is 0.233. The van der Waals surface area contributed by atoms with Crippen LogP contribution in [0.2, 0.25) is 0 Å². The Kier molecular flexibility index (Phi) is 7.34. The van der Waals surface area contributed by atoms with Crippen molar-refractivity contribution in [2.45, 2.75) is 13.5 Å². The zero-order chi connectivity index (χ0) is 20.5. The summed E-state index contributed by atoms with van der Waals surface area (Å²) in [6.45, 7) is -1.17. The van der Waals surface area contributed by atoms with Gasteiger partial charge in [-0.05, 0) is 31.2 Å². The molecule has 0 atom stereocenters. The molecule has 2 rings (SSSR count). The molecule has 1 N–H and O–H groups in total. The molecule has 0 aliphatic carbocycles. The molecule has 6 nitrogen and oxygen atoms in total. The van der Waals surface area contributed by atoms with Crippen LogP contribution in [-0.2, 0) is 4.79 Å². The number of rotatable bonds is 8. The van der Waals surface area contributed by atoms with Gasteiger partial charge in [0.05, 0.1) is 13.7 Å². The Morgan fingerprint density at radius 1 is 1.29 bits per heavy atom. The molecule has 28 heavy (non-hydrogen) atoms. The summed E-state index contributed by atoms with van der Waals surface area (Å²) in [6, 6.07) is 12.8. The van der Waals surface area contributed by atoms with Crippen molar-refractivity contribution < 1.29 is 27.8 Å². The standard InChI is InChI=1S/C20H18F2N2O4/c1-3-27-17-9-4-6-13(18(17)28-20(21)22)10-14(12-23)19(25)24-15-7-5-8-16(11-15)26-2/h4-11,20H,3H2,1-2H3,(H,24,25)/b14-10+. The van der Waals surface area contributed by atoms with Crippen LogP contribution in [0.3, 0.4) is 0 Å². The highest BCUT2D eigenvalue weighted by molar-refractivity contribution is 6.10. The molecule has 2 aromatic carbocycles. The molecule has 146 valence electrons. The maximum absolute atomic E-state index is 12.8. The first-order valence-electron chi connectivity index (χ1n) is 8.26. The summed E-state index contributed by atoms with van der Waals surface area (Å²) in [5, 5.41) is 11.9. The number of nitrogens with zero attached hydrogens (tertiary/aromatic N) is 1. The van der Waals surface area contributed by atoms with Crippen molar-refractivity contribution in [3.05, 3.63) is 53.6 Å². The zero-order valence-electron chi connectivity index (χ0n) is 15.2. The topological polar surface area (TPSA) is 80.6 Å². The van der Waals surface area contributed by atoms with Crippen molar-refractivity contribution in [3.8, 4) is 23.3 Å². The Bertz CT molecular complexity index is 907. The van der Waals surface area contributed by atoms with E-state index in [9.17, 15) is 18.8 Å². The number of hydrogen-bond acceptors (Lipinski definition) is 5. The summed E-state index contributed by atoms with van der Waals surface area (Å²) in [4.78, 5) is 12.4. The molecular weight excluding hydrogens is 370 g/mol. The zero-order valence-corrected chi connectivity index (χ0v) is 15.2. The summed E-state index contributed by atoms with van der Waals surface area (Å²) in [7, 11) is 1.48. The summed E-state index contributed by atoms with van der Waals surface area (Å²) in [6.07, 6.45) is 1.16. The van der Waals surface area contributed by atoms with Crippen molar-refractivity contribution in [3.63, 3.8) is 0 Å². The van der Waals surface area contributed by atoms with E-state index in [1.165, 1.54) is 19.2 Å². The van der Waals surface area contributed by atoms with Gasteiger partial charge in [-0.15, -0.1) is 0 Å². The molecule has 0 saturated heterocycles. The Morgan fingerprint density at radius 2 is 2.04 bits per heavy atom. The molecule has 0 heterocycles. The van der Waals surface area contributed by atoms with E-state index in [-0.39, 0.29) is 29.2 Å². The minimum atomic E-state index is -3.09. The Labute approximate surface area is 160 Å². The maximum Gasteiger partial charge on any atom is 0.387 e. The number of anilines is 1. The van der Waals surface area contributed by atoms with Gasteiger partial charge in [0.15, 0.2) is 11.5 Å². The fourth-order valence-electron chi connectivity index (χ4n) is 2.33. The van der Waals surface area contributed by atoms with Crippen molar-refractivity contribution in [2.75, 3.05) is 19.0 Å². The second-order valence-corrected chi connectivity index (χ2v) is 5.34. The van der Waals surface area contributed by atoms with E-state index in [1.807, 2.05) is 0 Å². The molecule has 0 saturated carbocycles. The first kappa shape index (κ1) is 20.7. The molecule has 8 heteroatoms. The van der Waals surface area contributed by atoms with E-state index in [0.29, 0.717) is 11.4 Å². The fourth-order valence-corrected chi connectivity index (χ4v) is 2.33. The van der Waals surface area contributed by atoms with Gasteiger partial charge in [-0.2, -0.15) is 14.0 Å². The molecule has 0 aliphatic rings. The lowest BCUT2D eigenvalue weighted by Crippen LogP contribution is -2.13. The third kappa shape index (κ3) is 5.45. The minimum Gasteiger partial charge on any atom is -0.497 e. The molecule has 0 aliphatic heterocycles. The van der Waals surface area contributed by atoms with Gasteiger partial charge in [0, 0.05) is 17.3 Å². The number of para-hydroxylation sites is 1. The average molecular weight is 388 g/mol. The number of nitriles is 1. The number of benzene rings is 2. The summed E-state index contributed by atoms with van der Waals surface area (Å²) in [5.74, 6) is -0.346. The van der Waals surface area contributed by atoms with E-state index in [2.05, 4.69) is 10.1 Å². The van der Waals surface area contributed by atoms with E-state index in [4.69, 9.17) is 9.47 Å². The molecule has 0 fully saturated rings. The van der Waals surface area contributed by atoms with E-state index >= 15 is 0 Å². The van der Waals surface area contributed by atoms with Crippen molar-refractivity contribution in [1.82, 2.24) is 0 Å². The van der Waals surface area contributed by atoms with Gasteiger partial charge in [0.2, 0.25) is 0 Å². The number of carbonyl (C=O) groups excluding carboxylic acids is 1. The largest absolute Gasteiger partial charge is 0.497 e. The highest BCUT2D eigenvalue weighted by Crippen LogP contribution is 2.34. The van der Waals surface area contributed by atoms with Crippen LogP contribution in [0.1, 0.15) is 12.5 Å². The van der Waals surface area contributed by atoms with Gasteiger partial charge in [0.25, 0.3) is 5.91 Å². The van der Waals surface area contributed by atoms with Crippen LogP contribution in [0.4, 0.5) is 14.5 Å². The molecule has 2 aromatic rings. The van der Waals surface area contributed by atoms with Crippen molar-refractivity contribution in [2.24, 2.45) is 0 Å². The molecule has 0 spiro atoms. The smallest absolute Gasteiger partial charge is 0.387 e. The number of nitrogens with one attached hydrogen (secondary N) is 1. The van der Waals surface area contributed by atoms with Gasteiger partial charge in [-0.25, -0.2) is 0 Å². The lowest BCUT2D eigenvalue weighted by Gasteiger charge is -2.14. The van der Waals surface area contributed by atoms with Crippen LogP contribution in [0.15, 0.2) is 48.0 Å². The third-order valence-electron chi connectivity index (χ3n) is 3.51. The normalized spacial score (nSPS) is 10.9. The second-order valence-electron chi connectivity index (χ2n) is 5.34. The number of alkyl halides is 2. The molecule has 0 aromatic heterocycles. The van der Waals surface area contributed by atoms with Crippen LogP contribution < -0.4 is 19.5 Å². The highest BCUT2D eigenvalue weighted by Gasteiger charge is 2.17. The Hall–Kier alpha value is -3.60. The van der Waals surface area contributed by atoms with Gasteiger partial charge >= 0.3 is 6.61 Å². The first-order valence-corrected chi connectivity index (χ1v) is 8.26. The lowest BCUT2D eigenvalue weighted by molar-refractivity contribution is -0.112. The predicted octanol–water partition coefficient (Wildman–Crippen LogP) is 4.24. The fraction of sp³-hybridized carbons (Fsp3) is 0.200. The summed E-state index contributed by atoms with van der Waals surface area (Å²) >= 11 is 0. The lowest BCUT2D eigenvalue weighted by atomic mass is 10.1. The molecular formula is C20H18F2N2O4. The number of amides is 1. The average Bonchev–Trinajstić information content (AvgIpc) is 2.68. The maximum atomic E-state index is 12.8. The molecule has 0 bridgehead atoms. The number of hydrogen-bond donors (Lipinski definition) is 1. The van der Waals surface area contributed by atoms with Gasteiger partial charge in [-0.3, -0.25) is 4.79 Å². The Balaban J connectivity index is 2.36. The SMILES string of the molecule is CCOc1cccc(/C=C(\C#N)C(=O)Nc2cccc(OC)c2)c1OC(F)F. The van der Waals surface area contributed by atoms with Crippen LogP contribution in [-0.4, -0.2) is 26.2 Å². The predicted molar refractivity (Wildman–Crippen MR) is 99.5 cm³/mol. The van der Waals surface area contributed by atoms with E-state index in [0.717, 1.165) is 6.08 Å². The quantitative estimate of drug-likeness (QED) is 0.540. The monoisotopic (exact) mass is 388 g/mol. The first-order chi connectivity index (χ1) is 13.5. The van der Waals surface area contributed by atoms with Crippen LogP contribution in [0.25, 0.3) is 6.08 Å². The van der Waals surface area contributed by atoms with Crippen LogP contribution >= 0.6 is 0 Å². The summed E-state index contributed by atoms with van der Waals surface area (Å²) < 4.78 is 40.5. The number of ether oxygens (including phenoxy) is 3. The number of methoxy groups -OCH3 is 1. The molecule has 0 radical (unpaired) electrons. The molecule has 1 amide bonds. The van der Waals surface area contributed by atoms with Crippen molar-refractivity contribution >= 4 is 17.7 Å². The van der Waals surface area contributed by atoms with Crippen LogP contribution in [0.5, 0.6) is 17.2 Å².